The van der Waals surface area contributed by atoms with Crippen LogP contribution in [-0.2, 0) is 6.54 Å². The van der Waals surface area contributed by atoms with Gasteiger partial charge in [0.1, 0.15) is 5.82 Å². The first-order valence-electron chi connectivity index (χ1n) is 6.27. The molecule has 0 spiro atoms. The van der Waals surface area contributed by atoms with E-state index in [1.54, 1.807) is 18.2 Å². The van der Waals surface area contributed by atoms with Crippen LogP contribution < -0.4 is 11.1 Å². The zero-order valence-corrected chi connectivity index (χ0v) is 12.2. The first kappa shape index (κ1) is 15.1. The zero-order valence-electron chi connectivity index (χ0n) is 11.4. The lowest BCUT2D eigenvalue weighted by atomic mass is 10.1. The van der Waals surface area contributed by atoms with Gasteiger partial charge < -0.3 is 16.3 Å². The summed E-state index contributed by atoms with van der Waals surface area (Å²) in [6, 6.07) is 9.98. The number of hydrogen-bond donors (Lipinski definition) is 3. The number of nitrogens with two attached hydrogens (primary N) is 1. The van der Waals surface area contributed by atoms with Gasteiger partial charge in [-0.05, 0) is 30.7 Å². The van der Waals surface area contributed by atoms with Crippen molar-refractivity contribution in [1.82, 2.24) is 0 Å². The zero-order chi connectivity index (χ0) is 15.4. The maximum Gasteiger partial charge on any atom is 0.170 e. The van der Waals surface area contributed by atoms with E-state index in [2.05, 4.69) is 10.5 Å². The Hall–Kier alpha value is -2.27. The molecular weight excluding hydrogens is 293 g/mol. The molecule has 4 nitrogen and oxygen atoms in total. The first-order chi connectivity index (χ1) is 10.0. The summed E-state index contributed by atoms with van der Waals surface area (Å²) in [5.41, 5.74) is 8.01. The molecule has 0 amide bonds. The van der Waals surface area contributed by atoms with Crippen LogP contribution >= 0.6 is 11.6 Å². The van der Waals surface area contributed by atoms with E-state index in [0.29, 0.717) is 22.7 Å². The van der Waals surface area contributed by atoms with Gasteiger partial charge in [-0.2, -0.15) is 0 Å². The van der Waals surface area contributed by atoms with Crippen LogP contribution in [0.4, 0.5) is 10.1 Å². The highest BCUT2D eigenvalue weighted by molar-refractivity contribution is 6.31. The Morgan fingerprint density at radius 1 is 1.33 bits per heavy atom. The number of nitrogens with one attached hydrogen (secondary N) is 1. The lowest BCUT2D eigenvalue weighted by Gasteiger charge is -2.09. The molecule has 0 saturated carbocycles. The molecule has 0 radical (unpaired) electrons. The standard InChI is InChI=1S/C15H15ClFN3O/c1-9-2-5-12(7-13(9)16)19-8-11-4-3-10(6-14(11)17)15(18)20-21/h2-7,19,21H,8H2,1H3,(H2,18,20). The van der Waals surface area contributed by atoms with Gasteiger partial charge in [0, 0.05) is 28.4 Å². The third-order valence-electron chi connectivity index (χ3n) is 3.11. The number of halogens is 2. The predicted octanol–water partition coefficient (Wildman–Crippen LogP) is 3.49. The van der Waals surface area contributed by atoms with E-state index in [1.807, 2.05) is 19.1 Å². The Labute approximate surface area is 127 Å². The van der Waals surface area contributed by atoms with Gasteiger partial charge >= 0.3 is 0 Å². The predicted molar refractivity (Wildman–Crippen MR) is 82.4 cm³/mol. The normalized spacial score (nSPS) is 11.5. The van der Waals surface area contributed by atoms with Crippen LogP contribution in [0.25, 0.3) is 0 Å². The molecule has 21 heavy (non-hydrogen) atoms. The number of oxime groups is 1. The third-order valence-corrected chi connectivity index (χ3v) is 3.52. The van der Waals surface area contributed by atoms with Gasteiger partial charge in [0.05, 0.1) is 0 Å². The number of aryl methyl sites for hydroxylation is 1. The van der Waals surface area contributed by atoms with Crippen molar-refractivity contribution in [3.8, 4) is 0 Å². The minimum atomic E-state index is -0.426. The van der Waals surface area contributed by atoms with E-state index in [4.69, 9.17) is 22.5 Å². The molecule has 0 unspecified atom stereocenters. The highest BCUT2D eigenvalue weighted by atomic mass is 35.5. The second-order valence-electron chi connectivity index (χ2n) is 4.61. The van der Waals surface area contributed by atoms with Crippen LogP contribution in [0, 0.1) is 12.7 Å². The van der Waals surface area contributed by atoms with Crippen molar-refractivity contribution in [3.63, 3.8) is 0 Å². The Morgan fingerprint density at radius 3 is 2.71 bits per heavy atom. The highest BCUT2D eigenvalue weighted by Gasteiger charge is 2.07. The second kappa shape index (κ2) is 6.45. The molecule has 2 aromatic carbocycles. The topological polar surface area (TPSA) is 70.6 Å². The molecule has 0 heterocycles. The van der Waals surface area contributed by atoms with Crippen molar-refractivity contribution in [2.24, 2.45) is 10.9 Å². The van der Waals surface area contributed by atoms with Crippen LogP contribution in [0.15, 0.2) is 41.6 Å². The van der Waals surface area contributed by atoms with Crippen LogP contribution in [0.5, 0.6) is 0 Å². The molecular formula is C15H15ClFN3O. The number of amidine groups is 1. The maximum atomic E-state index is 13.9. The molecule has 2 aromatic rings. The number of anilines is 1. The SMILES string of the molecule is Cc1ccc(NCc2ccc(C(N)=NO)cc2F)cc1Cl. The summed E-state index contributed by atoms with van der Waals surface area (Å²) < 4.78 is 13.9. The highest BCUT2D eigenvalue weighted by Crippen LogP contribution is 2.21. The molecule has 2 rings (SSSR count). The molecule has 0 aromatic heterocycles. The smallest absolute Gasteiger partial charge is 0.170 e. The average molecular weight is 308 g/mol. The maximum absolute atomic E-state index is 13.9. The molecule has 0 aliphatic carbocycles. The molecule has 0 aliphatic heterocycles. The molecule has 0 saturated heterocycles. The molecule has 4 N–H and O–H groups in total. The molecule has 0 fully saturated rings. The fourth-order valence-electron chi connectivity index (χ4n) is 1.81. The Kier molecular flexibility index (Phi) is 4.65. The van der Waals surface area contributed by atoms with Crippen molar-refractivity contribution in [1.29, 1.82) is 0 Å². The van der Waals surface area contributed by atoms with Gasteiger partial charge in [-0.25, -0.2) is 4.39 Å². The molecule has 0 aliphatic rings. The van der Waals surface area contributed by atoms with E-state index >= 15 is 0 Å². The molecule has 0 atom stereocenters. The Bertz CT molecular complexity index is 689. The minimum absolute atomic E-state index is 0.126. The molecule has 110 valence electrons. The lowest BCUT2D eigenvalue weighted by molar-refractivity contribution is 0.318. The van der Waals surface area contributed by atoms with Gasteiger partial charge in [-0.3, -0.25) is 0 Å². The van der Waals surface area contributed by atoms with E-state index in [9.17, 15) is 4.39 Å². The quantitative estimate of drug-likeness (QED) is 0.350. The fourth-order valence-corrected chi connectivity index (χ4v) is 1.99. The third kappa shape index (κ3) is 3.64. The van der Waals surface area contributed by atoms with Crippen molar-refractivity contribution in [3.05, 3.63) is 63.9 Å². The first-order valence-corrected chi connectivity index (χ1v) is 6.65. The van der Waals surface area contributed by atoms with Crippen molar-refractivity contribution >= 4 is 23.1 Å². The van der Waals surface area contributed by atoms with E-state index in [1.165, 1.54) is 6.07 Å². The summed E-state index contributed by atoms with van der Waals surface area (Å²) in [4.78, 5) is 0. The van der Waals surface area contributed by atoms with Gasteiger partial charge in [-0.15, -0.1) is 0 Å². The van der Waals surface area contributed by atoms with Gasteiger partial charge in [-0.1, -0.05) is 35.0 Å². The second-order valence-corrected chi connectivity index (χ2v) is 5.02. The number of benzene rings is 2. The summed E-state index contributed by atoms with van der Waals surface area (Å²) in [5, 5.41) is 15.2. The summed E-state index contributed by atoms with van der Waals surface area (Å²) in [5.74, 6) is -0.552. The van der Waals surface area contributed by atoms with Crippen LogP contribution in [0.3, 0.4) is 0 Å². The summed E-state index contributed by atoms with van der Waals surface area (Å²) in [6.45, 7) is 2.22. The summed E-state index contributed by atoms with van der Waals surface area (Å²) >= 11 is 6.03. The average Bonchev–Trinajstić information content (AvgIpc) is 2.48. The molecule has 6 heteroatoms. The monoisotopic (exact) mass is 307 g/mol. The Morgan fingerprint density at radius 2 is 2.10 bits per heavy atom. The number of rotatable bonds is 4. The fraction of sp³-hybridized carbons (Fsp3) is 0.133. The van der Waals surface area contributed by atoms with Gasteiger partial charge in [0.15, 0.2) is 5.84 Å². The summed E-state index contributed by atoms with van der Waals surface area (Å²) in [7, 11) is 0. The van der Waals surface area contributed by atoms with Crippen molar-refractivity contribution in [2.75, 3.05) is 5.32 Å². The van der Waals surface area contributed by atoms with Gasteiger partial charge in [0.2, 0.25) is 0 Å². The van der Waals surface area contributed by atoms with Crippen molar-refractivity contribution in [2.45, 2.75) is 13.5 Å². The van der Waals surface area contributed by atoms with Crippen LogP contribution in [0.2, 0.25) is 5.02 Å². The minimum Gasteiger partial charge on any atom is -0.409 e. The Balaban J connectivity index is 2.11. The molecule has 0 bridgehead atoms. The van der Waals surface area contributed by atoms with Crippen molar-refractivity contribution < 1.29 is 9.60 Å². The van der Waals surface area contributed by atoms with E-state index < -0.39 is 5.82 Å². The number of nitrogens with zero attached hydrogens (tertiary/aromatic N) is 1. The lowest BCUT2D eigenvalue weighted by Crippen LogP contribution is -2.14. The van der Waals surface area contributed by atoms with Crippen LogP contribution in [0.1, 0.15) is 16.7 Å². The van der Waals surface area contributed by atoms with Crippen LogP contribution in [-0.4, -0.2) is 11.0 Å². The van der Waals surface area contributed by atoms with E-state index in [0.717, 1.165) is 11.3 Å². The van der Waals surface area contributed by atoms with E-state index in [-0.39, 0.29) is 5.84 Å². The summed E-state index contributed by atoms with van der Waals surface area (Å²) in [6.07, 6.45) is 0. The van der Waals surface area contributed by atoms with Gasteiger partial charge in [0.25, 0.3) is 0 Å². The largest absolute Gasteiger partial charge is 0.409 e. The number of hydrogen-bond acceptors (Lipinski definition) is 3.